The summed E-state index contributed by atoms with van der Waals surface area (Å²) in [6.07, 6.45) is 0. The Morgan fingerprint density at radius 2 is 1.88 bits per heavy atom. The minimum atomic E-state index is 0.0929. The second kappa shape index (κ2) is 5.15. The van der Waals surface area contributed by atoms with Crippen LogP contribution in [0, 0.1) is 11.3 Å². The van der Waals surface area contributed by atoms with Crippen LogP contribution in [0.2, 0.25) is 10.4 Å². The zero-order chi connectivity index (χ0) is 12.3. The maximum absolute atomic E-state index is 5.84. The molecule has 0 saturated heterocycles. The zero-order valence-corrected chi connectivity index (χ0v) is 11.4. The van der Waals surface area contributed by atoms with Gasteiger partial charge >= 0.3 is 0 Å². The molecular weight excluding hydrogens is 247 g/mol. The van der Waals surface area contributed by atoms with Gasteiger partial charge in [0.25, 0.3) is 0 Å². The average Bonchev–Trinajstić information content (AvgIpc) is 2.17. The van der Waals surface area contributed by atoms with E-state index < -0.39 is 0 Å². The molecule has 1 aromatic heterocycles. The molecule has 0 aliphatic carbocycles. The highest BCUT2D eigenvalue weighted by Gasteiger charge is 2.20. The smallest absolute Gasteiger partial charge is 0.245 e. The van der Waals surface area contributed by atoms with Gasteiger partial charge in [-0.3, -0.25) is 0 Å². The Balaban J connectivity index is 2.64. The standard InChI is InChI=1S/C10H16Cl2N4/c1-6(10(2,3)4)5-13-8-7(11)15-16-9(12)14-8/h6H,5H2,1-4H3,(H,13,14,16). The summed E-state index contributed by atoms with van der Waals surface area (Å²) in [6.45, 7) is 9.49. The molecular formula is C10H16Cl2N4. The second-order valence-corrected chi connectivity index (χ2v) is 5.56. The highest BCUT2D eigenvalue weighted by molar-refractivity contribution is 6.32. The lowest BCUT2D eigenvalue weighted by molar-refractivity contribution is 0.274. The van der Waals surface area contributed by atoms with Gasteiger partial charge in [0.05, 0.1) is 0 Å². The molecule has 1 atom stereocenters. The van der Waals surface area contributed by atoms with E-state index in [4.69, 9.17) is 23.2 Å². The Kier molecular flexibility index (Phi) is 4.33. The van der Waals surface area contributed by atoms with Gasteiger partial charge in [-0.15, -0.1) is 10.2 Å². The monoisotopic (exact) mass is 262 g/mol. The summed E-state index contributed by atoms with van der Waals surface area (Å²) >= 11 is 11.5. The van der Waals surface area contributed by atoms with Crippen LogP contribution >= 0.6 is 23.2 Å². The predicted molar refractivity (Wildman–Crippen MR) is 67.0 cm³/mol. The third-order valence-corrected chi connectivity index (χ3v) is 3.09. The number of halogens is 2. The Morgan fingerprint density at radius 1 is 1.25 bits per heavy atom. The maximum atomic E-state index is 5.84. The predicted octanol–water partition coefficient (Wildman–Crippen LogP) is 3.27. The lowest BCUT2D eigenvalue weighted by Gasteiger charge is -2.27. The van der Waals surface area contributed by atoms with Gasteiger partial charge in [-0.2, -0.15) is 4.98 Å². The van der Waals surface area contributed by atoms with Gasteiger partial charge < -0.3 is 5.32 Å². The van der Waals surface area contributed by atoms with E-state index in [1.165, 1.54) is 0 Å². The molecule has 1 rings (SSSR count). The summed E-state index contributed by atoms with van der Waals surface area (Å²) in [6, 6.07) is 0. The van der Waals surface area contributed by atoms with Crippen LogP contribution in [-0.4, -0.2) is 21.7 Å². The summed E-state index contributed by atoms with van der Waals surface area (Å²) in [5.41, 5.74) is 0.226. The highest BCUT2D eigenvalue weighted by atomic mass is 35.5. The van der Waals surface area contributed by atoms with Gasteiger partial charge in [0, 0.05) is 6.54 Å². The van der Waals surface area contributed by atoms with Crippen molar-refractivity contribution in [3.63, 3.8) is 0 Å². The SMILES string of the molecule is CC(CNc1nc(Cl)nnc1Cl)C(C)(C)C. The van der Waals surface area contributed by atoms with E-state index in [0.29, 0.717) is 11.7 Å². The van der Waals surface area contributed by atoms with Crippen LogP contribution < -0.4 is 5.32 Å². The molecule has 0 spiro atoms. The number of nitrogens with one attached hydrogen (secondary N) is 1. The number of nitrogens with zero attached hydrogens (tertiary/aromatic N) is 3. The number of hydrogen-bond donors (Lipinski definition) is 1. The van der Waals surface area contributed by atoms with Crippen LogP contribution in [0.3, 0.4) is 0 Å². The first kappa shape index (κ1) is 13.5. The topological polar surface area (TPSA) is 50.7 Å². The molecule has 0 amide bonds. The van der Waals surface area contributed by atoms with E-state index in [1.54, 1.807) is 0 Å². The molecule has 0 bridgehead atoms. The normalized spacial score (nSPS) is 13.6. The quantitative estimate of drug-likeness (QED) is 0.909. The Labute approximate surface area is 106 Å². The van der Waals surface area contributed by atoms with Crippen LogP contribution in [0.1, 0.15) is 27.7 Å². The van der Waals surface area contributed by atoms with Crippen molar-refractivity contribution in [2.45, 2.75) is 27.7 Å². The molecule has 16 heavy (non-hydrogen) atoms. The van der Waals surface area contributed by atoms with Gasteiger partial charge in [0.1, 0.15) is 0 Å². The molecule has 0 aromatic carbocycles. The molecule has 6 heteroatoms. The van der Waals surface area contributed by atoms with Crippen LogP contribution in [0.5, 0.6) is 0 Å². The summed E-state index contributed by atoms with van der Waals surface area (Å²) in [5, 5.41) is 10.7. The number of aromatic nitrogens is 3. The van der Waals surface area contributed by atoms with E-state index in [0.717, 1.165) is 6.54 Å². The van der Waals surface area contributed by atoms with E-state index in [9.17, 15) is 0 Å². The largest absolute Gasteiger partial charge is 0.367 e. The fraction of sp³-hybridized carbons (Fsp3) is 0.700. The molecule has 1 N–H and O–H groups in total. The Bertz CT molecular complexity index is 362. The van der Waals surface area contributed by atoms with Gasteiger partial charge in [0.2, 0.25) is 5.28 Å². The minimum Gasteiger partial charge on any atom is -0.367 e. The maximum Gasteiger partial charge on any atom is 0.245 e. The Hall–Kier alpha value is -0.610. The molecule has 0 aliphatic heterocycles. The van der Waals surface area contributed by atoms with E-state index in [1.807, 2.05) is 0 Å². The Morgan fingerprint density at radius 3 is 2.44 bits per heavy atom. The van der Waals surface area contributed by atoms with E-state index >= 15 is 0 Å². The van der Waals surface area contributed by atoms with Crippen LogP contribution in [0.4, 0.5) is 5.82 Å². The van der Waals surface area contributed by atoms with Gasteiger partial charge in [-0.1, -0.05) is 39.3 Å². The van der Waals surface area contributed by atoms with Gasteiger partial charge in [0.15, 0.2) is 11.0 Å². The number of anilines is 1. The van der Waals surface area contributed by atoms with E-state index in [-0.39, 0.29) is 15.9 Å². The molecule has 4 nitrogen and oxygen atoms in total. The van der Waals surface area contributed by atoms with Gasteiger partial charge in [-0.05, 0) is 22.9 Å². The van der Waals surface area contributed by atoms with Crippen molar-refractivity contribution >= 4 is 29.0 Å². The van der Waals surface area contributed by atoms with E-state index in [2.05, 4.69) is 48.2 Å². The first-order valence-corrected chi connectivity index (χ1v) is 5.86. The van der Waals surface area contributed by atoms with Crippen LogP contribution in [0.15, 0.2) is 0 Å². The zero-order valence-electron chi connectivity index (χ0n) is 9.88. The summed E-state index contributed by atoms with van der Waals surface area (Å²) < 4.78 is 0. The lowest BCUT2D eigenvalue weighted by Crippen LogP contribution is -2.25. The van der Waals surface area contributed by atoms with Crippen molar-refractivity contribution in [1.82, 2.24) is 15.2 Å². The molecule has 0 saturated carbocycles. The third kappa shape index (κ3) is 3.76. The van der Waals surface area contributed by atoms with Crippen molar-refractivity contribution in [1.29, 1.82) is 0 Å². The third-order valence-electron chi connectivity index (χ3n) is 2.67. The molecule has 1 unspecified atom stereocenters. The molecule has 90 valence electrons. The molecule has 1 aromatic rings. The molecule has 1 heterocycles. The lowest BCUT2D eigenvalue weighted by atomic mass is 9.82. The van der Waals surface area contributed by atoms with Crippen LogP contribution in [-0.2, 0) is 0 Å². The summed E-state index contributed by atoms with van der Waals surface area (Å²) in [4.78, 5) is 3.98. The van der Waals surface area contributed by atoms with Gasteiger partial charge in [-0.25, -0.2) is 0 Å². The molecule has 0 radical (unpaired) electrons. The molecule has 0 fully saturated rings. The van der Waals surface area contributed by atoms with Crippen molar-refractivity contribution in [2.24, 2.45) is 11.3 Å². The summed E-state index contributed by atoms with van der Waals surface area (Å²) in [7, 11) is 0. The first-order valence-electron chi connectivity index (χ1n) is 5.10. The van der Waals surface area contributed by atoms with Crippen molar-refractivity contribution in [3.05, 3.63) is 10.4 Å². The van der Waals surface area contributed by atoms with Crippen molar-refractivity contribution in [2.75, 3.05) is 11.9 Å². The first-order chi connectivity index (χ1) is 7.30. The number of hydrogen-bond acceptors (Lipinski definition) is 4. The van der Waals surface area contributed by atoms with Crippen molar-refractivity contribution < 1.29 is 0 Å². The van der Waals surface area contributed by atoms with Crippen LogP contribution in [0.25, 0.3) is 0 Å². The number of rotatable bonds is 3. The molecule has 0 aliphatic rings. The second-order valence-electron chi connectivity index (χ2n) is 4.87. The fourth-order valence-electron chi connectivity index (χ4n) is 0.962. The fourth-order valence-corrected chi connectivity index (χ4v) is 1.23. The van der Waals surface area contributed by atoms with Crippen molar-refractivity contribution in [3.8, 4) is 0 Å². The average molecular weight is 263 g/mol. The highest BCUT2D eigenvalue weighted by Crippen LogP contribution is 2.26. The minimum absolute atomic E-state index is 0.0929. The summed E-state index contributed by atoms with van der Waals surface area (Å²) in [5.74, 6) is 0.954.